The lowest BCUT2D eigenvalue weighted by molar-refractivity contribution is 0.865. The van der Waals surface area contributed by atoms with Crippen molar-refractivity contribution in [2.24, 2.45) is 0 Å². The SMILES string of the molecule is CC(C)c1cc2cc[nH]c2nc1Nc1ccccc1. The molecule has 96 valence electrons. The zero-order valence-corrected chi connectivity index (χ0v) is 11.1. The van der Waals surface area contributed by atoms with Crippen molar-refractivity contribution in [1.82, 2.24) is 9.97 Å². The van der Waals surface area contributed by atoms with Crippen molar-refractivity contribution in [2.45, 2.75) is 19.8 Å². The molecule has 19 heavy (non-hydrogen) atoms. The first-order valence-corrected chi connectivity index (χ1v) is 6.54. The maximum absolute atomic E-state index is 4.69. The Morgan fingerprint density at radius 3 is 2.63 bits per heavy atom. The van der Waals surface area contributed by atoms with Crippen LogP contribution < -0.4 is 5.32 Å². The lowest BCUT2D eigenvalue weighted by Crippen LogP contribution is -2.01. The maximum atomic E-state index is 4.69. The molecule has 0 aliphatic rings. The Labute approximate surface area is 112 Å². The van der Waals surface area contributed by atoms with E-state index in [1.165, 1.54) is 5.56 Å². The summed E-state index contributed by atoms with van der Waals surface area (Å²) in [4.78, 5) is 7.85. The summed E-state index contributed by atoms with van der Waals surface area (Å²) in [7, 11) is 0. The quantitative estimate of drug-likeness (QED) is 0.723. The average molecular weight is 251 g/mol. The van der Waals surface area contributed by atoms with Crippen molar-refractivity contribution in [3.8, 4) is 0 Å². The van der Waals surface area contributed by atoms with Crippen LogP contribution in [0.2, 0.25) is 0 Å². The molecule has 0 fully saturated rings. The van der Waals surface area contributed by atoms with E-state index in [2.05, 4.69) is 41.3 Å². The summed E-state index contributed by atoms with van der Waals surface area (Å²) in [6.07, 6.45) is 1.92. The van der Waals surface area contributed by atoms with Gasteiger partial charge in [0.25, 0.3) is 0 Å². The highest BCUT2D eigenvalue weighted by atomic mass is 15.0. The standard InChI is InChI=1S/C16H17N3/c1-11(2)14-10-12-8-9-17-15(12)19-16(14)18-13-6-4-3-5-7-13/h3-11H,1-2H3,(H2,17,18,19). The van der Waals surface area contributed by atoms with Crippen LogP contribution in [0.25, 0.3) is 11.0 Å². The summed E-state index contributed by atoms with van der Waals surface area (Å²) >= 11 is 0. The van der Waals surface area contributed by atoms with Crippen LogP contribution in [0.3, 0.4) is 0 Å². The topological polar surface area (TPSA) is 40.7 Å². The minimum atomic E-state index is 0.429. The molecule has 3 heteroatoms. The number of pyridine rings is 1. The fourth-order valence-corrected chi connectivity index (χ4v) is 2.20. The highest BCUT2D eigenvalue weighted by Crippen LogP contribution is 2.28. The molecule has 3 nitrogen and oxygen atoms in total. The van der Waals surface area contributed by atoms with Gasteiger partial charge < -0.3 is 10.3 Å². The molecule has 0 saturated heterocycles. The second-order valence-corrected chi connectivity index (χ2v) is 4.99. The largest absolute Gasteiger partial charge is 0.346 e. The highest BCUT2D eigenvalue weighted by Gasteiger charge is 2.11. The Morgan fingerprint density at radius 1 is 1.11 bits per heavy atom. The zero-order valence-electron chi connectivity index (χ0n) is 11.1. The van der Waals surface area contributed by atoms with Gasteiger partial charge in [0.2, 0.25) is 0 Å². The number of hydrogen-bond acceptors (Lipinski definition) is 2. The van der Waals surface area contributed by atoms with E-state index in [4.69, 9.17) is 0 Å². The average Bonchev–Trinajstić information content (AvgIpc) is 2.86. The molecule has 2 heterocycles. The molecule has 0 spiro atoms. The van der Waals surface area contributed by atoms with Crippen LogP contribution in [0.15, 0.2) is 48.7 Å². The van der Waals surface area contributed by atoms with Crippen LogP contribution in [-0.2, 0) is 0 Å². The van der Waals surface area contributed by atoms with Gasteiger partial charge in [-0.1, -0.05) is 32.0 Å². The number of anilines is 2. The van der Waals surface area contributed by atoms with Gasteiger partial charge in [-0.05, 0) is 35.7 Å². The van der Waals surface area contributed by atoms with Crippen molar-refractivity contribution in [3.05, 3.63) is 54.2 Å². The van der Waals surface area contributed by atoms with E-state index >= 15 is 0 Å². The predicted octanol–water partition coefficient (Wildman–Crippen LogP) is 4.43. The van der Waals surface area contributed by atoms with Crippen LogP contribution in [0, 0.1) is 0 Å². The number of aromatic nitrogens is 2. The van der Waals surface area contributed by atoms with Crippen molar-refractivity contribution in [3.63, 3.8) is 0 Å². The van der Waals surface area contributed by atoms with Gasteiger partial charge in [-0.3, -0.25) is 0 Å². The van der Waals surface area contributed by atoms with Gasteiger partial charge in [0.1, 0.15) is 11.5 Å². The van der Waals surface area contributed by atoms with E-state index in [1.54, 1.807) is 0 Å². The second-order valence-electron chi connectivity index (χ2n) is 4.99. The molecule has 0 radical (unpaired) electrons. The number of H-pyrrole nitrogens is 1. The monoisotopic (exact) mass is 251 g/mol. The van der Waals surface area contributed by atoms with Gasteiger partial charge >= 0.3 is 0 Å². The number of nitrogens with one attached hydrogen (secondary N) is 2. The van der Waals surface area contributed by atoms with Crippen LogP contribution >= 0.6 is 0 Å². The molecule has 1 aromatic carbocycles. The summed E-state index contributed by atoms with van der Waals surface area (Å²) in [6.45, 7) is 4.37. The normalized spacial score (nSPS) is 11.1. The second kappa shape index (κ2) is 4.76. The Morgan fingerprint density at radius 2 is 1.89 bits per heavy atom. The van der Waals surface area contributed by atoms with E-state index in [9.17, 15) is 0 Å². The minimum Gasteiger partial charge on any atom is -0.346 e. The van der Waals surface area contributed by atoms with Gasteiger partial charge in [-0.15, -0.1) is 0 Å². The summed E-state index contributed by atoms with van der Waals surface area (Å²) in [6, 6.07) is 14.4. The molecule has 0 amide bonds. The van der Waals surface area contributed by atoms with Crippen molar-refractivity contribution in [1.29, 1.82) is 0 Å². The van der Waals surface area contributed by atoms with Crippen molar-refractivity contribution >= 4 is 22.5 Å². The molecule has 0 atom stereocenters. The third kappa shape index (κ3) is 2.32. The fourth-order valence-electron chi connectivity index (χ4n) is 2.20. The molecule has 2 N–H and O–H groups in total. The molecule has 0 aliphatic heterocycles. The number of para-hydroxylation sites is 1. The summed E-state index contributed by atoms with van der Waals surface area (Å²) in [5.41, 5.74) is 3.21. The van der Waals surface area contributed by atoms with Crippen LogP contribution in [0.4, 0.5) is 11.5 Å². The molecular weight excluding hydrogens is 234 g/mol. The molecular formula is C16H17N3. The fraction of sp³-hybridized carbons (Fsp3) is 0.188. The first kappa shape index (κ1) is 11.8. The first-order chi connectivity index (χ1) is 9.24. The number of nitrogens with zero attached hydrogens (tertiary/aromatic N) is 1. The summed E-state index contributed by atoms with van der Waals surface area (Å²) in [5.74, 6) is 1.36. The number of hydrogen-bond donors (Lipinski definition) is 2. The van der Waals surface area contributed by atoms with Gasteiger partial charge in [-0.25, -0.2) is 4.98 Å². The van der Waals surface area contributed by atoms with Gasteiger partial charge in [-0.2, -0.15) is 0 Å². The van der Waals surface area contributed by atoms with Crippen molar-refractivity contribution < 1.29 is 0 Å². The Hall–Kier alpha value is -2.29. The Bertz CT molecular complexity index is 684. The van der Waals surface area contributed by atoms with Crippen LogP contribution in [0.1, 0.15) is 25.3 Å². The molecule has 0 unspecified atom stereocenters. The molecule has 3 aromatic rings. The predicted molar refractivity (Wildman–Crippen MR) is 79.9 cm³/mol. The molecule has 2 aromatic heterocycles. The van der Waals surface area contributed by atoms with Gasteiger partial charge in [0.15, 0.2) is 0 Å². The molecule has 0 aliphatic carbocycles. The number of benzene rings is 1. The smallest absolute Gasteiger partial charge is 0.139 e. The summed E-state index contributed by atoms with van der Waals surface area (Å²) in [5, 5.41) is 4.56. The minimum absolute atomic E-state index is 0.429. The van der Waals surface area contributed by atoms with Gasteiger partial charge in [0.05, 0.1) is 0 Å². The van der Waals surface area contributed by atoms with E-state index < -0.39 is 0 Å². The first-order valence-electron chi connectivity index (χ1n) is 6.54. The van der Waals surface area contributed by atoms with Crippen LogP contribution in [-0.4, -0.2) is 9.97 Å². The van der Waals surface area contributed by atoms with E-state index in [0.717, 1.165) is 22.5 Å². The number of fused-ring (bicyclic) bond motifs is 1. The van der Waals surface area contributed by atoms with Crippen molar-refractivity contribution in [2.75, 3.05) is 5.32 Å². The number of aromatic amines is 1. The van der Waals surface area contributed by atoms with Crippen LogP contribution in [0.5, 0.6) is 0 Å². The molecule has 0 bridgehead atoms. The van der Waals surface area contributed by atoms with E-state index in [1.807, 2.05) is 36.5 Å². The summed E-state index contributed by atoms with van der Waals surface area (Å²) < 4.78 is 0. The third-order valence-corrected chi connectivity index (χ3v) is 3.22. The number of rotatable bonds is 3. The lowest BCUT2D eigenvalue weighted by atomic mass is 10.0. The Balaban J connectivity index is 2.07. The van der Waals surface area contributed by atoms with E-state index in [-0.39, 0.29) is 0 Å². The molecule has 0 saturated carbocycles. The maximum Gasteiger partial charge on any atom is 0.139 e. The zero-order chi connectivity index (χ0) is 13.2. The lowest BCUT2D eigenvalue weighted by Gasteiger charge is -2.14. The Kier molecular flexibility index (Phi) is 2.95. The van der Waals surface area contributed by atoms with E-state index in [0.29, 0.717) is 5.92 Å². The van der Waals surface area contributed by atoms with Gasteiger partial charge in [0, 0.05) is 17.3 Å². The third-order valence-electron chi connectivity index (χ3n) is 3.22. The molecule has 3 rings (SSSR count). The highest BCUT2D eigenvalue weighted by molar-refractivity contribution is 5.80.